The topological polar surface area (TPSA) is 35.2 Å². The minimum Gasteiger partial charge on any atom is -0.369 e. The maximum atomic E-state index is 6.23. The molecule has 0 aliphatic heterocycles. The van der Waals surface area contributed by atoms with Gasteiger partial charge in [-0.15, -0.1) is 0 Å². The van der Waals surface area contributed by atoms with Crippen LogP contribution in [0.5, 0.6) is 0 Å². The number of rotatable bonds is 6. The fourth-order valence-corrected chi connectivity index (χ4v) is 3.39. The van der Waals surface area contributed by atoms with Gasteiger partial charge in [0.1, 0.15) is 0 Å². The summed E-state index contributed by atoms with van der Waals surface area (Å²) < 4.78 is 7.34. The van der Waals surface area contributed by atoms with Gasteiger partial charge in [-0.05, 0) is 49.3 Å². The van der Waals surface area contributed by atoms with Crippen LogP contribution in [0, 0.1) is 5.92 Å². The van der Waals surface area contributed by atoms with Crippen molar-refractivity contribution in [3.8, 4) is 0 Å². The largest absolute Gasteiger partial charge is 0.369 e. The van der Waals surface area contributed by atoms with E-state index in [0.29, 0.717) is 13.2 Å². The van der Waals surface area contributed by atoms with Gasteiger partial charge in [-0.1, -0.05) is 47.8 Å². The highest BCUT2D eigenvalue weighted by Gasteiger charge is 2.34. The SMILES string of the molecule is CCCC1CCC(CN)(OCc2ccc(Br)cc2)CC1. The monoisotopic (exact) mass is 339 g/mol. The average molecular weight is 340 g/mol. The number of hydrogen-bond donors (Lipinski definition) is 1. The van der Waals surface area contributed by atoms with E-state index in [1.54, 1.807) is 0 Å². The zero-order valence-electron chi connectivity index (χ0n) is 12.4. The fourth-order valence-electron chi connectivity index (χ4n) is 3.13. The molecule has 0 spiro atoms. The van der Waals surface area contributed by atoms with Crippen molar-refractivity contribution in [2.75, 3.05) is 6.54 Å². The fraction of sp³-hybridized carbons (Fsp3) is 0.647. The smallest absolute Gasteiger partial charge is 0.0808 e. The highest BCUT2D eigenvalue weighted by molar-refractivity contribution is 9.10. The van der Waals surface area contributed by atoms with Crippen LogP contribution in [-0.4, -0.2) is 12.1 Å². The predicted octanol–water partition coefficient (Wildman–Crippen LogP) is 4.65. The molecule has 1 aromatic carbocycles. The van der Waals surface area contributed by atoms with Crippen LogP contribution >= 0.6 is 15.9 Å². The van der Waals surface area contributed by atoms with E-state index in [0.717, 1.165) is 23.2 Å². The standard InChI is InChI=1S/C17H26BrNO/c1-2-3-14-8-10-17(13-19,11-9-14)20-12-15-4-6-16(18)7-5-15/h4-7,14H,2-3,8-13,19H2,1H3. The van der Waals surface area contributed by atoms with Gasteiger partial charge in [0.15, 0.2) is 0 Å². The number of nitrogens with two attached hydrogens (primary N) is 1. The summed E-state index contributed by atoms with van der Waals surface area (Å²) in [6.45, 7) is 3.58. The van der Waals surface area contributed by atoms with Crippen LogP contribution < -0.4 is 5.73 Å². The minimum atomic E-state index is -0.0860. The van der Waals surface area contributed by atoms with E-state index < -0.39 is 0 Å². The molecule has 1 aliphatic rings. The molecule has 2 N–H and O–H groups in total. The van der Waals surface area contributed by atoms with Crippen molar-refractivity contribution in [2.24, 2.45) is 11.7 Å². The maximum Gasteiger partial charge on any atom is 0.0808 e. The van der Waals surface area contributed by atoms with Crippen LogP contribution in [0.4, 0.5) is 0 Å². The van der Waals surface area contributed by atoms with Gasteiger partial charge in [0.2, 0.25) is 0 Å². The third-order valence-electron chi connectivity index (χ3n) is 4.54. The van der Waals surface area contributed by atoms with Gasteiger partial charge in [0, 0.05) is 11.0 Å². The van der Waals surface area contributed by atoms with Crippen LogP contribution in [0.25, 0.3) is 0 Å². The third-order valence-corrected chi connectivity index (χ3v) is 5.07. The minimum absolute atomic E-state index is 0.0860. The summed E-state index contributed by atoms with van der Waals surface area (Å²) in [6, 6.07) is 8.34. The molecule has 0 saturated heterocycles. The third kappa shape index (κ3) is 4.31. The van der Waals surface area contributed by atoms with E-state index in [1.807, 2.05) is 0 Å². The molecule has 1 fully saturated rings. The molecule has 1 saturated carbocycles. The highest BCUT2D eigenvalue weighted by atomic mass is 79.9. The molecule has 1 aromatic rings. The molecule has 0 radical (unpaired) electrons. The Kier molecular flexibility index (Phi) is 6.06. The Labute approximate surface area is 131 Å². The summed E-state index contributed by atoms with van der Waals surface area (Å²) in [7, 11) is 0. The highest BCUT2D eigenvalue weighted by Crippen LogP contribution is 2.36. The van der Waals surface area contributed by atoms with Crippen molar-refractivity contribution < 1.29 is 4.74 Å². The number of halogens is 1. The second-order valence-corrected chi connectivity index (χ2v) is 6.95. The van der Waals surface area contributed by atoms with Crippen LogP contribution in [0.3, 0.4) is 0 Å². The van der Waals surface area contributed by atoms with Crippen LogP contribution in [0.15, 0.2) is 28.7 Å². The van der Waals surface area contributed by atoms with E-state index >= 15 is 0 Å². The Morgan fingerprint density at radius 2 is 1.90 bits per heavy atom. The van der Waals surface area contributed by atoms with Gasteiger partial charge in [-0.2, -0.15) is 0 Å². The zero-order chi connectivity index (χ0) is 14.4. The summed E-state index contributed by atoms with van der Waals surface area (Å²) >= 11 is 3.46. The Bertz CT molecular complexity index is 396. The molecule has 0 aromatic heterocycles. The number of hydrogen-bond acceptors (Lipinski definition) is 2. The van der Waals surface area contributed by atoms with E-state index in [4.69, 9.17) is 10.5 Å². The number of ether oxygens (including phenoxy) is 1. The molecule has 3 heteroatoms. The van der Waals surface area contributed by atoms with E-state index in [2.05, 4.69) is 47.1 Å². The van der Waals surface area contributed by atoms with Crippen molar-refractivity contribution >= 4 is 15.9 Å². The van der Waals surface area contributed by atoms with Crippen molar-refractivity contribution in [1.82, 2.24) is 0 Å². The summed E-state index contributed by atoms with van der Waals surface area (Å²) in [6.07, 6.45) is 7.42. The first kappa shape index (κ1) is 16.0. The normalized spacial score (nSPS) is 26.6. The summed E-state index contributed by atoms with van der Waals surface area (Å²) in [5.41, 5.74) is 7.15. The second kappa shape index (κ2) is 7.58. The Hall–Kier alpha value is -0.380. The maximum absolute atomic E-state index is 6.23. The second-order valence-electron chi connectivity index (χ2n) is 6.03. The van der Waals surface area contributed by atoms with Gasteiger partial charge in [-0.25, -0.2) is 0 Å². The Balaban J connectivity index is 1.87. The van der Waals surface area contributed by atoms with Crippen molar-refractivity contribution in [3.05, 3.63) is 34.3 Å². The van der Waals surface area contributed by atoms with Crippen molar-refractivity contribution in [1.29, 1.82) is 0 Å². The lowest BCUT2D eigenvalue weighted by Crippen LogP contribution is -2.43. The first-order valence-electron chi connectivity index (χ1n) is 7.76. The first-order chi connectivity index (χ1) is 9.67. The summed E-state index contributed by atoms with van der Waals surface area (Å²) in [5, 5.41) is 0. The molecule has 0 amide bonds. The molecule has 2 nitrogen and oxygen atoms in total. The molecule has 0 bridgehead atoms. The van der Waals surface area contributed by atoms with Gasteiger partial charge in [-0.3, -0.25) is 0 Å². The molecular weight excluding hydrogens is 314 g/mol. The summed E-state index contributed by atoms with van der Waals surface area (Å²) in [5.74, 6) is 0.885. The van der Waals surface area contributed by atoms with E-state index in [1.165, 1.54) is 31.2 Å². The first-order valence-corrected chi connectivity index (χ1v) is 8.55. The van der Waals surface area contributed by atoms with Crippen LogP contribution in [-0.2, 0) is 11.3 Å². The lowest BCUT2D eigenvalue weighted by atomic mass is 9.77. The quantitative estimate of drug-likeness (QED) is 0.818. The zero-order valence-corrected chi connectivity index (χ0v) is 14.0. The molecule has 0 atom stereocenters. The van der Waals surface area contributed by atoms with Gasteiger partial charge >= 0.3 is 0 Å². The Morgan fingerprint density at radius 3 is 2.45 bits per heavy atom. The van der Waals surface area contributed by atoms with Gasteiger partial charge in [0.05, 0.1) is 12.2 Å². The van der Waals surface area contributed by atoms with Gasteiger partial charge in [0.25, 0.3) is 0 Å². The average Bonchev–Trinajstić information content (AvgIpc) is 2.49. The lowest BCUT2D eigenvalue weighted by molar-refractivity contribution is -0.0816. The van der Waals surface area contributed by atoms with E-state index in [9.17, 15) is 0 Å². The van der Waals surface area contributed by atoms with Crippen LogP contribution in [0.1, 0.15) is 51.0 Å². The molecule has 2 rings (SSSR count). The molecule has 1 aliphatic carbocycles. The number of benzene rings is 1. The molecule has 0 unspecified atom stereocenters. The molecule has 20 heavy (non-hydrogen) atoms. The van der Waals surface area contributed by atoms with E-state index in [-0.39, 0.29) is 5.60 Å². The summed E-state index contributed by atoms with van der Waals surface area (Å²) in [4.78, 5) is 0. The van der Waals surface area contributed by atoms with Crippen LogP contribution in [0.2, 0.25) is 0 Å². The van der Waals surface area contributed by atoms with Gasteiger partial charge < -0.3 is 10.5 Å². The van der Waals surface area contributed by atoms with Crippen molar-refractivity contribution in [3.63, 3.8) is 0 Å². The van der Waals surface area contributed by atoms with Crippen molar-refractivity contribution in [2.45, 2.75) is 57.7 Å². The molecular formula is C17H26BrNO. The Morgan fingerprint density at radius 1 is 1.25 bits per heavy atom. The lowest BCUT2D eigenvalue weighted by Gasteiger charge is -2.39. The molecule has 0 heterocycles. The molecule has 112 valence electrons. The predicted molar refractivity (Wildman–Crippen MR) is 87.6 cm³/mol.